The summed E-state index contributed by atoms with van der Waals surface area (Å²) in [5.41, 5.74) is 1.65. The fraction of sp³-hybridized carbons (Fsp3) is 0.182. The number of anilines is 1. The molecular formula is C22H18N2O6. The van der Waals surface area contributed by atoms with Crippen molar-refractivity contribution in [2.45, 2.75) is 20.5 Å². The van der Waals surface area contributed by atoms with E-state index in [1.165, 1.54) is 18.2 Å². The third-order valence-electron chi connectivity index (χ3n) is 4.55. The van der Waals surface area contributed by atoms with E-state index in [2.05, 4.69) is 5.16 Å². The zero-order valence-corrected chi connectivity index (χ0v) is 16.4. The molecular weight excluding hydrogens is 388 g/mol. The van der Waals surface area contributed by atoms with Gasteiger partial charge in [0.1, 0.15) is 5.75 Å². The van der Waals surface area contributed by atoms with Crippen molar-refractivity contribution in [2.75, 3.05) is 11.5 Å². The number of imide groups is 1. The number of carbonyl (C=O) groups excluding carboxylic acids is 3. The molecule has 152 valence electrons. The minimum absolute atomic E-state index is 0.0814. The van der Waals surface area contributed by atoms with Gasteiger partial charge in [0, 0.05) is 6.07 Å². The van der Waals surface area contributed by atoms with Gasteiger partial charge in [-0.2, -0.15) is 0 Å². The lowest BCUT2D eigenvalue weighted by molar-refractivity contribution is 0.0437. The van der Waals surface area contributed by atoms with E-state index < -0.39 is 17.8 Å². The second kappa shape index (κ2) is 7.82. The number of fused-ring (bicyclic) bond motifs is 1. The Morgan fingerprint density at radius 2 is 1.77 bits per heavy atom. The highest BCUT2D eigenvalue weighted by atomic mass is 16.5. The van der Waals surface area contributed by atoms with Gasteiger partial charge in [-0.25, -0.2) is 9.69 Å². The number of rotatable bonds is 6. The first-order valence-corrected chi connectivity index (χ1v) is 9.33. The van der Waals surface area contributed by atoms with E-state index in [9.17, 15) is 14.4 Å². The van der Waals surface area contributed by atoms with E-state index >= 15 is 0 Å². The summed E-state index contributed by atoms with van der Waals surface area (Å²) in [5, 5.41) is 3.72. The molecule has 1 aromatic heterocycles. The summed E-state index contributed by atoms with van der Waals surface area (Å²) < 4.78 is 15.6. The first-order chi connectivity index (χ1) is 14.5. The van der Waals surface area contributed by atoms with E-state index in [0.29, 0.717) is 29.5 Å². The Morgan fingerprint density at radius 1 is 1.03 bits per heavy atom. The monoisotopic (exact) mass is 406 g/mol. The Morgan fingerprint density at radius 3 is 2.43 bits per heavy atom. The SMILES string of the molecule is CCOc1ccc(N2C(=O)c3ccc(C(=O)OCc4cc(C)no4)cc3C2=O)cc1. The number of ether oxygens (including phenoxy) is 2. The van der Waals surface area contributed by atoms with Crippen LogP contribution in [0.1, 0.15) is 49.5 Å². The van der Waals surface area contributed by atoms with Crippen LogP contribution in [0.25, 0.3) is 0 Å². The van der Waals surface area contributed by atoms with Gasteiger partial charge in [-0.15, -0.1) is 0 Å². The molecule has 0 atom stereocenters. The fourth-order valence-electron chi connectivity index (χ4n) is 3.16. The van der Waals surface area contributed by atoms with Crippen LogP contribution in [0.4, 0.5) is 5.69 Å². The van der Waals surface area contributed by atoms with Crippen LogP contribution in [0.2, 0.25) is 0 Å². The largest absolute Gasteiger partial charge is 0.494 e. The maximum absolute atomic E-state index is 12.9. The normalized spacial score (nSPS) is 12.8. The van der Waals surface area contributed by atoms with Crippen molar-refractivity contribution in [1.29, 1.82) is 0 Å². The van der Waals surface area contributed by atoms with Crippen molar-refractivity contribution in [3.05, 3.63) is 76.7 Å². The highest BCUT2D eigenvalue weighted by Crippen LogP contribution is 2.30. The molecule has 0 spiro atoms. The summed E-state index contributed by atoms with van der Waals surface area (Å²) >= 11 is 0. The summed E-state index contributed by atoms with van der Waals surface area (Å²) in [6, 6.07) is 12.6. The minimum Gasteiger partial charge on any atom is -0.494 e. The second-order valence-corrected chi connectivity index (χ2v) is 6.64. The maximum Gasteiger partial charge on any atom is 0.338 e. The number of benzene rings is 2. The van der Waals surface area contributed by atoms with Crippen LogP contribution in [-0.4, -0.2) is 29.5 Å². The van der Waals surface area contributed by atoms with Crippen molar-refractivity contribution in [3.8, 4) is 5.75 Å². The molecule has 0 N–H and O–H groups in total. The van der Waals surface area contributed by atoms with E-state index in [4.69, 9.17) is 14.0 Å². The van der Waals surface area contributed by atoms with Crippen molar-refractivity contribution in [3.63, 3.8) is 0 Å². The average Bonchev–Trinajstić information content (AvgIpc) is 3.28. The molecule has 0 bridgehead atoms. The summed E-state index contributed by atoms with van der Waals surface area (Å²) in [5.74, 6) is -0.526. The van der Waals surface area contributed by atoms with Crippen LogP contribution in [-0.2, 0) is 11.3 Å². The van der Waals surface area contributed by atoms with Gasteiger partial charge < -0.3 is 14.0 Å². The third-order valence-corrected chi connectivity index (χ3v) is 4.55. The van der Waals surface area contributed by atoms with Crippen LogP contribution in [0.3, 0.4) is 0 Å². The smallest absolute Gasteiger partial charge is 0.338 e. The molecule has 0 aliphatic carbocycles. The number of aromatic nitrogens is 1. The minimum atomic E-state index is -0.633. The van der Waals surface area contributed by atoms with Crippen LogP contribution in [0.15, 0.2) is 53.1 Å². The first-order valence-electron chi connectivity index (χ1n) is 9.33. The van der Waals surface area contributed by atoms with E-state index in [0.717, 1.165) is 4.90 Å². The second-order valence-electron chi connectivity index (χ2n) is 6.64. The van der Waals surface area contributed by atoms with E-state index in [1.807, 2.05) is 6.92 Å². The zero-order chi connectivity index (χ0) is 21.3. The molecule has 2 aromatic carbocycles. The molecule has 8 heteroatoms. The highest BCUT2D eigenvalue weighted by Gasteiger charge is 2.37. The van der Waals surface area contributed by atoms with Crippen LogP contribution >= 0.6 is 0 Å². The molecule has 0 fully saturated rings. The predicted octanol–water partition coefficient (Wildman–Crippen LogP) is 3.54. The highest BCUT2D eigenvalue weighted by molar-refractivity contribution is 6.34. The Labute approximate surface area is 172 Å². The van der Waals surface area contributed by atoms with Crippen molar-refractivity contribution in [2.24, 2.45) is 0 Å². The Hall–Kier alpha value is -3.94. The number of hydrogen-bond donors (Lipinski definition) is 0. The van der Waals surface area contributed by atoms with Crippen LogP contribution < -0.4 is 9.64 Å². The van der Waals surface area contributed by atoms with Gasteiger partial charge >= 0.3 is 5.97 Å². The average molecular weight is 406 g/mol. The number of nitrogens with zero attached hydrogens (tertiary/aromatic N) is 2. The molecule has 2 heterocycles. The van der Waals surface area contributed by atoms with Crippen LogP contribution in [0.5, 0.6) is 5.75 Å². The lowest BCUT2D eigenvalue weighted by Crippen LogP contribution is -2.29. The number of hydrogen-bond acceptors (Lipinski definition) is 7. The van der Waals surface area contributed by atoms with Gasteiger partial charge in [-0.3, -0.25) is 9.59 Å². The van der Waals surface area contributed by atoms with E-state index in [-0.39, 0.29) is 23.3 Å². The molecule has 0 radical (unpaired) electrons. The van der Waals surface area contributed by atoms with Crippen LogP contribution in [0, 0.1) is 6.92 Å². The molecule has 2 amide bonds. The molecule has 30 heavy (non-hydrogen) atoms. The summed E-state index contributed by atoms with van der Waals surface area (Å²) in [6.45, 7) is 4.06. The lowest BCUT2D eigenvalue weighted by atomic mass is 10.1. The van der Waals surface area contributed by atoms with Gasteiger partial charge in [0.2, 0.25) is 0 Å². The van der Waals surface area contributed by atoms with Crippen molar-refractivity contribution < 1.29 is 28.4 Å². The molecule has 4 rings (SSSR count). The number of esters is 1. The number of carbonyl (C=O) groups is 3. The van der Waals surface area contributed by atoms with Crippen molar-refractivity contribution >= 4 is 23.5 Å². The standard InChI is InChI=1S/C22H18N2O6/c1-3-28-16-7-5-15(6-8-16)24-20(25)18-9-4-14(11-19(18)21(24)26)22(27)29-12-17-10-13(2)23-30-17/h4-11H,3,12H2,1-2H3. The summed E-state index contributed by atoms with van der Waals surface area (Å²) in [7, 11) is 0. The number of amides is 2. The van der Waals surface area contributed by atoms with Gasteiger partial charge in [0.25, 0.3) is 11.8 Å². The molecule has 0 saturated carbocycles. The molecule has 1 aliphatic rings. The summed E-state index contributed by atoms with van der Waals surface area (Å²) in [4.78, 5) is 39.1. The molecule has 3 aromatic rings. The molecule has 0 unspecified atom stereocenters. The quantitative estimate of drug-likeness (QED) is 0.456. The van der Waals surface area contributed by atoms with Crippen molar-refractivity contribution in [1.82, 2.24) is 5.16 Å². The van der Waals surface area contributed by atoms with Gasteiger partial charge in [-0.1, -0.05) is 5.16 Å². The van der Waals surface area contributed by atoms with Gasteiger partial charge in [0.15, 0.2) is 12.4 Å². The summed E-state index contributed by atoms with van der Waals surface area (Å²) in [6.07, 6.45) is 0. The van der Waals surface area contributed by atoms with E-state index in [1.54, 1.807) is 37.3 Å². The molecule has 8 nitrogen and oxygen atoms in total. The third kappa shape index (κ3) is 3.55. The number of aryl methyl sites for hydroxylation is 1. The first kappa shape index (κ1) is 19.4. The zero-order valence-electron chi connectivity index (χ0n) is 16.4. The molecule has 1 aliphatic heterocycles. The van der Waals surface area contributed by atoms with Gasteiger partial charge in [-0.05, 0) is 56.3 Å². The Balaban J connectivity index is 1.53. The lowest BCUT2D eigenvalue weighted by Gasteiger charge is -2.14. The fourth-order valence-corrected chi connectivity index (χ4v) is 3.16. The Bertz CT molecular complexity index is 1130. The maximum atomic E-state index is 12.9. The molecule has 0 saturated heterocycles. The predicted molar refractivity (Wildman–Crippen MR) is 106 cm³/mol. The Kier molecular flexibility index (Phi) is 5.05. The van der Waals surface area contributed by atoms with Gasteiger partial charge in [0.05, 0.1) is 34.7 Å². The topological polar surface area (TPSA) is 98.9 Å².